The van der Waals surface area contributed by atoms with Crippen LogP contribution in [0.3, 0.4) is 0 Å². The van der Waals surface area contributed by atoms with Gasteiger partial charge in [-0.2, -0.15) is 0 Å². The molecule has 2 rings (SSSR count). The zero-order valence-corrected chi connectivity index (χ0v) is 11.7. The fraction of sp³-hybridized carbons (Fsp3) is 0.929. The normalized spacial score (nSPS) is 27.5. The number of rotatable bonds is 4. The third kappa shape index (κ3) is 5.09. The van der Waals surface area contributed by atoms with E-state index in [4.69, 9.17) is 10.5 Å². The zero-order valence-electron chi connectivity index (χ0n) is 11.7. The van der Waals surface area contributed by atoms with Crippen LogP contribution in [-0.4, -0.2) is 43.8 Å². The number of hydrogen-bond donors (Lipinski definition) is 3. The second-order valence-corrected chi connectivity index (χ2v) is 5.98. The Hall–Kier alpha value is -0.650. The summed E-state index contributed by atoms with van der Waals surface area (Å²) in [5.41, 5.74) is 6.19. The van der Waals surface area contributed by atoms with Crippen LogP contribution in [0, 0.1) is 0 Å². The number of morpholine rings is 1. The molecule has 0 bridgehead atoms. The molecule has 5 nitrogen and oxygen atoms in total. The Labute approximate surface area is 115 Å². The smallest absolute Gasteiger partial charge is 0.221 e. The SMILES string of the molecule is NC1(CNC(=O)CC2COCCN2)CCCCCC1. The lowest BCUT2D eigenvalue weighted by molar-refractivity contribution is -0.122. The van der Waals surface area contributed by atoms with Gasteiger partial charge in [-0.3, -0.25) is 4.79 Å². The Bertz CT molecular complexity index is 282. The van der Waals surface area contributed by atoms with Crippen molar-refractivity contribution >= 4 is 5.91 Å². The maximum absolute atomic E-state index is 11.9. The van der Waals surface area contributed by atoms with E-state index >= 15 is 0 Å². The van der Waals surface area contributed by atoms with Crippen molar-refractivity contribution in [3.8, 4) is 0 Å². The lowest BCUT2D eigenvalue weighted by atomic mass is 9.91. The number of nitrogens with two attached hydrogens (primary N) is 1. The number of carbonyl (C=O) groups excluding carboxylic acids is 1. The topological polar surface area (TPSA) is 76.4 Å². The molecule has 0 spiro atoms. The molecular formula is C14H27N3O2. The quantitative estimate of drug-likeness (QED) is 0.651. The number of nitrogens with one attached hydrogen (secondary N) is 2. The standard InChI is InChI=1S/C14H27N3O2/c15-14(5-3-1-2-4-6-14)11-17-13(18)9-12-10-19-8-7-16-12/h12,16H,1-11,15H2,(H,17,18). The van der Waals surface area contributed by atoms with Crippen LogP contribution in [0.5, 0.6) is 0 Å². The molecule has 5 heteroatoms. The molecule has 1 heterocycles. The molecule has 1 aliphatic carbocycles. The lowest BCUT2D eigenvalue weighted by Crippen LogP contribution is -2.51. The third-order valence-electron chi connectivity index (χ3n) is 4.17. The van der Waals surface area contributed by atoms with Gasteiger partial charge in [0.15, 0.2) is 0 Å². The molecule has 1 aliphatic heterocycles. The van der Waals surface area contributed by atoms with Gasteiger partial charge in [0.2, 0.25) is 5.91 Å². The van der Waals surface area contributed by atoms with Crippen LogP contribution >= 0.6 is 0 Å². The predicted molar refractivity (Wildman–Crippen MR) is 74.9 cm³/mol. The molecule has 1 unspecified atom stereocenters. The van der Waals surface area contributed by atoms with E-state index in [1.54, 1.807) is 0 Å². The van der Waals surface area contributed by atoms with E-state index in [2.05, 4.69) is 10.6 Å². The molecule has 2 aliphatic rings. The molecule has 1 amide bonds. The Balaban J connectivity index is 1.69. The van der Waals surface area contributed by atoms with Gasteiger partial charge in [-0.25, -0.2) is 0 Å². The van der Waals surface area contributed by atoms with E-state index in [0.29, 0.717) is 19.6 Å². The third-order valence-corrected chi connectivity index (χ3v) is 4.17. The molecule has 1 saturated heterocycles. The first-order chi connectivity index (χ1) is 9.18. The van der Waals surface area contributed by atoms with E-state index in [1.807, 2.05) is 0 Å². The molecule has 1 saturated carbocycles. The second kappa shape index (κ2) is 7.22. The minimum atomic E-state index is -0.192. The van der Waals surface area contributed by atoms with Gasteiger partial charge in [0.25, 0.3) is 0 Å². The van der Waals surface area contributed by atoms with Crippen molar-refractivity contribution in [1.29, 1.82) is 0 Å². The molecule has 1 atom stereocenters. The molecule has 19 heavy (non-hydrogen) atoms. The van der Waals surface area contributed by atoms with Crippen LogP contribution in [0.2, 0.25) is 0 Å². The highest BCUT2D eigenvalue weighted by molar-refractivity contribution is 5.76. The summed E-state index contributed by atoms with van der Waals surface area (Å²) in [6, 6.07) is 0.150. The van der Waals surface area contributed by atoms with Gasteiger partial charge in [0.1, 0.15) is 0 Å². The fourth-order valence-corrected chi connectivity index (χ4v) is 2.93. The van der Waals surface area contributed by atoms with E-state index in [0.717, 1.165) is 26.0 Å². The van der Waals surface area contributed by atoms with Gasteiger partial charge in [0.05, 0.1) is 13.2 Å². The molecular weight excluding hydrogens is 242 g/mol. The number of hydrogen-bond acceptors (Lipinski definition) is 4. The highest BCUT2D eigenvalue weighted by atomic mass is 16.5. The molecule has 110 valence electrons. The van der Waals surface area contributed by atoms with Crippen molar-refractivity contribution < 1.29 is 9.53 Å². The van der Waals surface area contributed by atoms with Crippen molar-refractivity contribution in [3.63, 3.8) is 0 Å². The molecule has 4 N–H and O–H groups in total. The molecule has 0 aromatic carbocycles. The van der Waals surface area contributed by atoms with Crippen LogP contribution in [0.15, 0.2) is 0 Å². The first kappa shape index (κ1) is 14.8. The lowest BCUT2D eigenvalue weighted by Gasteiger charge is -2.29. The summed E-state index contributed by atoms with van der Waals surface area (Å²) in [5.74, 6) is 0.0806. The monoisotopic (exact) mass is 269 g/mol. The van der Waals surface area contributed by atoms with E-state index in [1.165, 1.54) is 25.7 Å². The van der Waals surface area contributed by atoms with Crippen LogP contribution in [0.25, 0.3) is 0 Å². The maximum atomic E-state index is 11.9. The van der Waals surface area contributed by atoms with Crippen molar-refractivity contribution in [1.82, 2.24) is 10.6 Å². The molecule has 2 fully saturated rings. The average Bonchev–Trinajstić information content (AvgIpc) is 2.63. The van der Waals surface area contributed by atoms with Crippen molar-refractivity contribution in [2.75, 3.05) is 26.3 Å². The Morgan fingerprint density at radius 2 is 2.05 bits per heavy atom. The summed E-state index contributed by atoms with van der Waals surface area (Å²) in [7, 11) is 0. The summed E-state index contributed by atoms with van der Waals surface area (Å²) >= 11 is 0. The minimum absolute atomic E-state index is 0.0806. The largest absolute Gasteiger partial charge is 0.378 e. The summed E-state index contributed by atoms with van der Waals surface area (Å²) in [6.07, 6.45) is 7.45. The number of ether oxygens (including phenoxy) is 1. The molecule has 0 aromatic rings. The van der Waals surface area contributed by atoms with Gasteiger partial charge in [0, 0.05) is 31.1 Å². The van der Waals surface area contributed by atoms with E-state index in [9.17, 15) is 4.79 Å². The molecule has 0 aromatic heterocycles. The van der Waals surface area contributed by atoms with Gasteiger partial charge in [-0.15, -0.1) is 0 Å². The number of amides is 1. The van der Waals surface area contributed by atoms with E-state index < -0.39 is 0 Å². The average molecular weight is 269 g/mol. The van der Waals surface area contributed by atoms with Crippen LogP contribution < -0.4 is 16.4 Å². The second-order valence-electron chi connectivity index (χ2n) is 5.98. The van der Waals surface area contributed by atoms with Crippen LogP contribution in [0.1, 0.15) is 44.9 Å². The summed E-state index contributed by atoms with van der Waals surface area (Å²) in [6.45, 7) is 2.81. The van der Waals surface area contributed by atoms with Gasteiger partial charge in [-0.05, 0) is 12.8 Å². The summed E-state index contributed by atoms with van der Waals surface area (Å²) < 4.78 is 5.35. The Morgan fingerprint density at radius 3 is 2.68 bits per heavy atom. The maximum Gasteiger partial charge on any atom is 0.221 e. The fourth-order valence-electron chi connectivity index (χ4n) is 2.93. The summed E-state index contributed by atoms with van der Waals surface area (Å²) in [5, 5.41) is 6.30. The Morgan fingerprint density at radius 1 is 1.32 bits per heavy atom. The van der Waals surface area contributed by atoms with Crippen LogP contribution in [-0.2, 0) is 9.53 Å². The highest BCUT2D eigenvalue weighted by Crippen LogP contribution is 2.24. The van der Waals surface area contributed by atoms with Gasteiger partial charge >= 0.3 is 0 Å². The predicted octanol–water partition coefficient (Wildman–Crippen LogP) is 0.533. The highest BCUT2D eigenvalue weighted by Gasteiger charge is 2.27. The minimum Gasteiger partial charge on any atom is -0.378 e. The first-order valence-corrected chi connectivity index (χ1v) is 7.55. The summed E-state index contributed by atoms with van der Waals surface area (Å²) in [4.78, 5) is 11.9. The van der Waals surface area contributed by atoms with Gasteiger partial charge < -0.3 is 21.1 Å². The first-order valence-electron chi connectivity index (χ1n) is 7.55. The van der Waals surface area contributed by atoms with Gasteiger partial charge in [-0.1, -0.05) is 25.7 Å². The Kier molecular flexibility index (Phi) is 5.60. The van der Waals surface area contributed by atoms with E-state index in [-0.39, 0.29) is 17.5 Å². The van der Waals surface area contributed by atoms with Crippen molar-refractivity contribution in [3.05, 3.63) is 0 Å². The zero-order chi connectivity index (χ0) is 13.6. The van der Waals surface area contributed by atoms with Crippen molar-refractivity contribution in [2.45, 2.75) is 56.5 Å². The molecule has 0 radical (unpaired) electrons. The van der Waals surface area contributed by atoms with Crippen LogP contribution in [0.4, 0.5) is 0 Å². The number of carbonyl (C=O) groups is 1. The van der Waals surface area contributed by atoms with Crippen molar-refractivity contribution in [2.24, 2.45) is 5.73 Å².